The molecule has 0 radical (unpaired) electrons. The Morgan fingerprint density at radius 3 is 2.69 bits per heavy atom. The standard InChI is InChI=1S/C12H20BrNOS/c1-4-12(15-3)11(14-5-2)7-10-6-9(13)8-16-10/h6,8,11-12,14H,4-5,7H2,1-3H3. The van der Waals surface area contributed by atoms with Crippen LogP contribution in [0, 0.1) is 0 Å². The highest BCUT2D eigenvalue weighted by molar-refractivity contribution is 9.10. The summed E-state index contributed by atoms with van der Waals surface area (Å²) in [5.74, 6) is 0. The molecule has 0 spiro atoms. The molecule has 0 saturated heterocycles. The van der Waals surface area contributed by atoms with Gasteiger partial charge in [0.25, 0.3) is 0 Å². The third kappa shape index (κ3) is 4.17. The predicted octanol–water partition coefficient (Wildman–Crippen LogP) is 3.46. The maximum Gasteiger partial charge on any atom is 0.0725 e. The summed E-state index contributed by atoms with van der Waals surface area (Å²) in [4.78, 5) is 1.40. The molecule has 0 aliphatic carbocycles. The number of thiophene rings is 1. The van der Waals surface area contributed by atoms with Crippen LogP contribution in [0.4, 0.5) is 0 Å². The third-order valence-corrected chi connectivity index (χ3v) is 4.38. The van der Waals surface area contributed by atoms with Crippen molar-refractivity contribution in [3.8, 4) is 0 Å². The van der Waals surface area contributed by atoms with Gasteiger partial charge in [-0.2, -0.15) is 0 Å². The van der Waals surface area contributed by atoms with Crippen molar-refractivity contribution < 1.29 is 4.74 Å². The number of hydrogen-bond donors (Lipinski definition) is 1. The lowest BCUT2D eigenvalue weighted by molar-refractivity contribution is 0.0661. The first-order valence-corrected chi connectivity index (χ1v) is 7.37. The average molecular weight is 306 g/mol. The fourth-order valence-corrected chi connectivity index (χ4v) is 3.40. The molecule has 0 amide bonds. The van der Waals surface area contributed by atoms with E-state index >= 15 is 0 Å². The molecule has 0 fully saturated rings. The Labute approximate surface area is 111 Å². The van der Waals surface area contributed by atoms with Gasteiger partial charge in [0.15, 0.2) is 0 Å². The summed E-state index contributed by atoms with van der Waals surface area (Å²) >= 11 is 5.29. The highest BCUT2D eigenvalue weighted by Gasteiger charge is 2.19. The molecule has 0 aliphatic rings. The second kappa shape index (κ2) is 7.43. The number of rotatable bonds is 7. The minimum atomic E-state index is 0.292. The molecule has 1 heterocycles. The Morgan fingerprint density at radius 1 is 1.50 bits per heavy atom. The lowest BCUT2D eigenvalue weighted by atomic mass is 10.0. The van der Waals surface area contributed by atoms with Gasteiger partial charge >= 0.3 is 0 Å². The minimum absolute atomic E-state index is 0.292. The SMILES string of the molecule is CCNC(Cc1cc(Br)cs1)C(CC)OC. The van der Waals surface area contributed by atoms with E-state index in [9.17, 15) is 0 Å². The molecule has 0 aliphatic heterocycles. The fourth-order valence-electron chi connectivity index (χ4n) is 1.89. The van der Waals surface area contributed by atoms with Gasteiger partial charge < -0.3 is 10.1 Å². The quantitative estimate of drug-likeness (QED) is 0.833. The van der Waals surface area contributed by atoms with Crippen molar-refractivity contribution in [3.05, 3.63) is 20.8 Å². The summed E-state index contributed by atoms with van der Waals surface area (Å²) in [5, 5.41) is 5.64. The van der Waals surface area contributed by atoms with Crippen LogP contribution in [-0.4, -0.2) is 25.8 Å². The molecule has 0 saturated carbocycles. The van der Waals surface area contributed by atoms with E-state index in [4.69, 9.17) is 4.74 Å². The van der Waals surface area contributed by atoms with Crippen LogP contribution in [0.25, 0.3) is 0 Å². The monoisotopic (exact) mass is 305 g/mol. The Kier molecular flexibility index (Phi) is 6.58. The van der Waals surface area contributed by atoms with Crippen LogP contribution in [0.5, 0.6) is 0 Å². The number of methoxy groups -OCH3 is 1. The molecule has 92 valence electrons. The number of hydrogen-bond acceptors (Lipinski definition) is 3. The van der Waals surface area contributed by atoms with Gasteiger partial charge in [-0.1, -0.05) is 13.8 Å². The van der Waals surface area contributed by atoms with E-state index in [-0.39, 0.29) is 0 Å². The second-order valence-electron chi connectivity index (χ2n) is 3.78. The molecule has 2 unspecified atom stereocenters. The van der Waals surface area contributed by atoms with Gasteiger partial charge in [-0.25, -0.2) is 0 Å². The van der Waals surface area contributed by atoms with Crippen LogP contribution in [0.3, 0.4) is 0 Å². The van der Waals surface area contributed by atoms with Crippen molar-refractivity contribution in [1.29, 1.82) is 0 Å². The van der Waals surface area contributed by atoms with Crippen LogP contribution in [0.15, 0.2) is 15.9 Å². The Balaban J connectivity index is 2.63. The van der Waals surface area contributed by atoms with Crippen molar-refractivity contribution in [2.24, 2.45) is 0 Å². The molecule has 1 aromatic heterocycles. The maximum atomic E-state index is 5.52. The van der Waals surface area contributed by atoms with Crippen molar-refractivity contribution in [2.75, 3.05) is 13.7 Å². The van der Waals surface area contributed by atoms with E-state index < -0.39 is 0 Å². The maximum absolute atomic E-state index is 5.52. The first kappa shape index (κ1) is 14.2. The lowest BCUT2D eigenvalue weighted by Gasteiger charge is -2.25. The van der Waals surface area contributed by atoms with Gasteiger partial charge in [-0.3, -0.25) is 0 Å². The normalized spacial score (nSPS) is 15.0. The number of halogens is 1. The summed E-state index contributed by atoms with van der Waals surface area (Å²) in [5.41, 5.74) is 0. The molecular weight excluding hydrogens is 286 g/mol. The Bertz CT molecular complexity index is 299. The Morgan fingerprint density at radius 2 is 2.25 bits per heavy atom. The van der Waals surface area contributed by atoms with E-state index in [1.807, 2.05) is 0 Å². The molecule has 2 nitrogen and oxygen atoms in total. The molecule has 0 bridgehead atoms. The van der Waals surface area contributed by atoms with E-state index in [1.54, 1.807) is 18.4 Å². The van der Waals surface area contributed by atoms with Crippen LogP contribution < -0.4 is 5.32 Å². The van der Waals surface area contributed by atoms with Gasteiger partial charge in [0.1, 0.15) is 0 Å². The summed E-state index contributed by atoms with van der Waals surface area (Å²) in [6, 6.07) is 2.60. The van der Waals surface area contributed by atoms with Crippen molar-refractivity contribution >= 4 is 27.3 Å². The van der Waals surface area contributed by atoms with E-state index in [1.165, 1.54) is 9.35 Å². The third-order valence-electron chi connectivity index (χ3n) is 2.66. The number of nitrogens with one attached hydrogen (secondary N) is 1. The van der Waals surface area contributed by atoms with Crippen LogP contribution in [0.2, 0.25) is 0 Å². The molecule has 1 N–H and O–H groups in total. The predicted molar refractivity (Wildman–Crippen MR) is 74.3 cm³/mol. The summed E-state index contributed by atoms with van der Waals surface area (Å²) in [7, 11) is 1.79. The Hall–Kier alpha value is 0.1000. The van der Waals surface area contributed by atoms with Crippen LogP contribution in [0.1, 0.15) is 25.1 Å². The average Bonchev–Trinajstić information content (AvgIpc) is 2.66. The molecule has 1 aromatic rings. The highest BCUT2D eigenvalue weighted by atomic mass is 79.9. The molecule has 16 heavy (non-hydrogen) atoms. The summed E-state index contributed by atoms with van der Waals surface area (Å²) in [6.07, 6.45) is 2.37. The number of ether oxygens (including phenoxy) is 1. The van der Waals surface area contributed by atoms with Gasteiger partial charge in [0.2, 0.25) is 0 Å². The molecule has 4 heteroatoms. The lowest BCUT2D eigenvalue weighted by Crippen LogP contribution is -2.42. The van der Waals surface area contributed by atoms with E-state index in [0.29, 0.717) is 12.1 Å². The van der Waals surface area contributed by atoms with E-state index in [2.05, 4.69) is 46.5 Å². The van der Waals surface area contributed by atoms with E-state index in [0.717, 1.165) is 19.4 Å². The molecule has 0 aromatic carbocycles. The summed E-state index contributed by atoms with van der Waals surface area (Å²) in [6.45, 7) is 5.29. The van der Waals surface area contributed by atoms with Crippen LogP contribution in [-0.2, 0) is 11.2 Å². The zero-order valence-electron chi connectivity index (χ0n) is 10.1. The van der Waals surface area contributed by atoms with Crippen LogP contribution >= 0.6 is 27.3 Å². The van der Waals surface area contributed by atoms with Crippen molar-refractivity contribution in [2.45, 2.75) is 38.8 Å². The zero-order chi connectivity index (χ0) is 12.0. The first-order chi connectivity index (χ1) is 7.71. The van der Waals surface area contributed by atoms with Crippen molar-refractivity contribution in [1.82, 2.24) is 5.32 Å². The second-order valence-corrected chi connectivity index (χ2v) is 5.69. The molecule has 2 atom stereocenters. The molecular formula is C12H20BrNOS. The van der Waals surface area contributed by atoms with Gasteiger partial charge in [0.05, 0.1) is 6.10 Å². The fraction of sp³-hybridized carbons (Fsp3) is 0.667. The molecule has 1 rings (SSSR count). The topological polar surface area (TPSA) is 21.3 Å². The minimum Gasteiger partial charge on any atom is -0.380 e. The van der Waals surface area contributed by atoms with Gasteiger partial charge in [-0.15, -0.1) is 11.3 Å². The van der Waals surface area contributed by atoms with Gasteiger partial charge in [-0.05, 0) is 41.4 Å². The smallest absolute Gasteiger partial charge is 0.0725 e. The zero-order valence-corrected chi connectivity index (χ0v) is 12.5. The number of likely N-dealkylation sites (N-methyl/N-ethyl adjacent to an activating group) is 1. The highest BCUT2D eigenvalue weighted by Crippen LogP contribution is 2.22. The summed E-state index contributed by atoms with van der Waals surface area (Å²) < 4.78 is 6.70. The van der Waals surface area contributed by atoms with Gasteiger partial charge in [0, 0.05) is 27.9 Å². The van der Waals surface area contributed by atoms with Crippen molar-refractivity contribution in [3.63, 3.8) is 0 Å². The largest absolute Gasteiger partial charge is 0.380 e. The first-order valence-electron chi connectivity index (χ1n) is 5.70.